The highest BCUT2D eigenvalue weighted by atomic mass is 32.2. The Labute approximate surface area is 175 Å². The molecule has 0 aliphatic heterocycles. The number of H-pyrrole nitrogens is 1. The molecule has 4 rings (SSSR count). The van der Waals surface area contributed by atoms with Crippen molar-refractivity contribution in [2.24, 2.45) is 0 Å². The topological polar surface area (TPSA) is 91.1 Å². The van der Waals surface area contributed by atoms with E-state index in [2.05, 4.69) is 15.6 Å². The van der Waals surface area contributed by atoms with Crippen molar-refractivity contribution < 1.29 is 13.2 Å². The second kappa shape index (κ2) is 8.20. The summed E-state index contributed by atoms with van der Waals surface area (Å²) in [4.78, 5) is 15.6. The molecular formula is C23H23N3O3S. The molecule has 0 unspecified atom stereocenters. The van der Waals surface area contributed by atoms with Crippen molar-refractivity contribution >= 4 is 37.5 Å². The van der Waals surface area contributed by atoms with Crippen LogP contribution >= 0.6 is 0 Å². The van der Waals surface area contributed by atoms with Crippen molar-refractivity contribution in [3.63, 3.8) is 0 Å². The molecule has 1 heterocycles. The van der Waals surface area contributed by atoms with Crippen molar-refractivity contribution in [2.45, 2.75) is 18.4 Å². The minimum atomic E-state index is -3.54. The van der Waals surface area contributed by atoms with Gasteiger partial charge in [-0.15, -0.1) is 0 Å². The number of hydrogen-bond donors (Lipinski definition) is 3. The predicted octanol–water partition coefficient (Wildman–Crippen LogP) is 3.90. The molecule has 0 radical (unpaired) electrons. The standard InChI is InChI=1S/C23H23N3O3S/c1-16-22(20-11-4-5-12-21(20)26-16)30(28,29)14-13-24-23(27)25-15-18-9-6-8-17-7-2-3-10-19(17)18/h2-12,26H,13-15H2,1H3,(H2,24,25,27). The van der Waals surface area contributed by atoms with E-state index in [0.29, 0.717) is 22.5 Å². The number of carbonyl (C=O) groups excluding carboxylic acids is 1. The van der Waals surface area contributed by atoms with E-state index in [1.54, 1.807) is 13.0 Å². The number of amides is 2. The number of benzene rings is 3. The summed E-state index contributed by atoms with van der Waals surface area (Å²) in [7, 11) is -3.54. The summed E-state index contributed by atoms with van der Waals surface area (Å²) in [6.45, 7) is 2.14. The number of aromatic amines is 1. The number of para-hydroxylation sites is 1. The van der Waals surface area contributed by atoms with Gasteiger partial charge in [-0.3, -0.25) is 0 Å². The van der Waals surface area contributed by atoms with E-state index in [1.807, 2.05) is 60.7 Å². The van der Waals surface area contributed by atoms with Crippen LogP contribution in [-0.4, -0.2) is 31.7 Å². The number of urea groups is 1. The summed E-state index contributed by atoms with van der Waals surface area (Å²) in [5, 5.41) is 8.32. The summed E-state index contributed by atoms with van der Waals surface area (Å²) >= 11 is 0. The van der Waals surface area contributed by atoms with E-state index in [0.717, 1.165) is 21.9 Å². The van der Waals surface area contributed by atoms with E-state index in [-0.39, 0.29) is 12.3 Å². The average molecular weight is 422 g/mol. The van der Waals surface area contributed by atoms with Gasteiger partial charge in [-0.05, 0) is 29.3 Å². The summed E-state index contributed by atoms with van der Waals surface area (Å²) in [5.74, 6) is -0.169. The highest BCUT2D eigenvalue weighted by Crippen LogP contribution is 2.27. The molecule has 1 aromatic heterocycles. The van der Waals surface area contributed by atoms with Gasteiger partial charge in [0.2, 0.25) is 0 Å². The quantitative estimate of drug-likeness (QED) is 0.441. The van der Waals surface area contributed by atoms with E-state index in [9.17, 15) is 13.2 Å². The molecule has 0 bridgehead atoms. The SMILES string of the molecule is Cc1[nH]c2ccccc2c1S(=O)(=O)CCNC(=O)NCc1cccc2ccccc12. The Morgan fingerprint density at radius 2 is 1.60 bits per heavy atom. The molecule has 0 aliphatic carbocycles. The van der Waals surface area contributed by atoms with Gasteiger partial charge < -0.3 is 15.6 Å². The number of carbonyl (C=O) groups is 1. The molecule has 30 heavy (non-hydrogen) atoms. The van der Waals surface area contributed by atoms with Gasteiger partial charge in [0.1, 0.15) is 0 Å². The molecule has 0 saturated carbocycles. The van der Waals surface area contributed by atoms with Crippen molar-refractivity contribution in [2.75, 3.05) is 12.3 Å². The average Bonchev–Trinajstić information content (AvgIpc) is 3.08. The van der Waals surface area contributed by atoms with Crippen LogP contribution < -0.4 is 10.6 Å². The van der Waals surface area contributed by atoms with Crippen LogP contribution in [0.4, 0.5) is 4.79 Å². The van der Waals surface area contributed by atoms with Crippen LogP contribution in [0.5, 0.6) is 0 Å². The molecule has 2 amide bonds. The van der Waals surface area contributed by atoms with E-state index >= 15 is 0 Å². The molecule has 0 saturated heterocycles. The van der Waals surface area contributed by atoms with Crippen molar-refractivity contribution in [1.29, 1.82) is 0 Å². The zero-order valence-corrected chi connectivity index (χ0v) is 17.4. The maximum Gasteiger partial charge on any atom is 0.315 e. The van der Waals surface area contributed by atoms with Crippen molar-refractivity contribution in [1.82, 2.24) is 15.6 Å². The van der Waals surface area contributed by atoms with Gasteiger partial charge in [0, 0.05) is 29.7 Å². The highest BCUT2D eigenvalue weighted by Gasteiger charge is 2.22. The molecule has 0 spiro atoms. The number of sulfone groups is 1. The largest absolute Gasteiger partial charge is 0.358 e. The van der Waals surface area contributed by atoms with Crippen LogP contribution in [0.1, 0.15) is 11.3 Å². The first-order valence-corrected chi connectivity index (χ1v) is 11.4. The molecule has 0 aliphatic rings. The van der Waals surface area contributed by atoms with Crippen molar-refractivity contribution in [3.05, 3.63) is 78.0 Å². The molecule has 3 N–H and O–H groups in total. The monoisotopic (exact) mass is 421 g/mol. The lowest BCUT2D eigenvalue weighted by molar-refractivity contribution is 0.241. The third kappa shape index (κ3) is 4.02. The molecule has 3 aromatic carbocycles. The first-order valence-electron chi connectivity index (χ1n) is 9.74. The Kier molecular flexibility index (Phi) is 5.46. The Balaban J connectivity index is 1.36. The van der Waals surface area contributed by atoms with Crippen LogP contribution in [0, 0.1) is 6.92 Å². The van der Waals surface area contributed by atoms with Gasteiger partial charge >= 0.3 is 6.03 Å². The molecule has 4 aromatic rings. The number of rotatable bonds is 6. The fourth-order valence-corrected chi connectivity index (χ4v) is 5.34. The maximum absolute atomic E-state index is 12.8. The molecule has 154 valence electrons. The number of nitrogens with one attached hydrogen (secondary N) is 3. The van der Waals surface area contributed by atoms with E-state index in [4.69, 9.17) is 0 Å². The Hall–Kier alpha value is -3.32. The van der Waals surface area contributed by atoms with E-state index in [1.165, 1.54) is 0 Å². The zero-order valence-electron chi connectivity index (χ0n) is 16.6. The predicted molar refractivity (Wildman–Crippen MR) is 119 cm³/mol. The number of fused-ring (bicyclic) bond motifs is 2. The van der Waals surface area contributed by atoms with Crippen LogP contribution in [-0.2, 0) is 16.4 Å². The van der Waals surface area contributed by atoms with E-state index < -0.39 is 15.9 Å². The lowest BCUT2D eigenvalue weighted by Gasteiger charge is -2.10. The highest BCUT2D eigenvalue weighted by molar-refractivity contribution is 7.91. The lowest BCUT2D eigenvalue weighted by Crippen LogP contribution is -2.37. The molecule has 6 nitrogen and oxygen atoms in total. The maximum atomic E-state index is 12.8. The van der Waals surface area contributed by atoms with Crippen LogP contribution in [0.15, 0.2) is 71.6 Å². The van der Waals surface area contributed by atoms with Crippen LogP contribution in [0.25, 0.3) is 21.7 Å². The molecular weight excluding hydrogens is 398 g/mol. The summed E-state index contributed by atoms with van der Waals surface area (Å²) in [5.41, 5.74) is 2.40. The minimum Gasteiger partial charge on any atom is -0.358 e. The van der Waals surface area contributed by atoms with Gasteiger partial charge in [0.15, 0.2) is 9.84 Å². The lowest BCUT2D eigenvalue weighted by atomic mass is 10.0. The van der Waals surface area contributed by atoms with Crippen molar-refractivity contribution in [3.8, 4) is 0 Å². The summed E-state index contributed by atoms with van der Waals surface area (Å²) in [6.07, 6.45) is 0. The smallest absolute Gasteiger partial charge is 0.315 e. The summed E-state index contributed by atoms with van der Waals surface area (Å²) in [6, 6.07) is 20.8. The third-order valence-electron chi connectivity index (χ3n) is 5.12. The molecule has 7 heteroatoms. The fraction of sp³-hybridized carbons (Fsp3) is 0.174. The van der Waals surface area contributed by atoms with Gasteiger partial charge in [-0.2, -0.15) is 0 Å². The number of aromatic nitrogens is 1. The second-order valence-electron chi connectivity index (χ2n) is 7.19. The second-order valence-corrected chi connectivity index (χ2v) is 9.24. The molecule has 0 atom stereocenters. The minimum absolute atomic E-state index is 0.0304. The number of aryl methyl sites for hydroxylation is 1. The van der Waals surface area contributed by atoms with Gasteiger partial charge in [-0.25, -0.2) is 13.2 Å². The Bertz CT molecular complexity index is 1320. The normalized spacial score (nSPS) is 11.6. The molecule has 0 fully saturated rings. The number of hydrogen-bond acceptors (Lipinski definition) is 3. The zero-order chi connectivity index (χ0) is 21.1. The Morgan fingerprint density at radius 3 is 2.43 bits per heavy atom. The van der Waals surface area contributed by atoms with Crippen LogP contribution in [0.3, 0.4) is 0 Å². The fourth-order valence-electron chi connectivity index (χ4n) is 3.74. The third-order valence-corrected chi connectivity index (χ3v) is 7.01. The first-order chi connectivity index (χ1) is 14.5. The Morgan fingerprint density at radius 1 is 0.900 bits per heavy atom. The summed E-state index contributed by atoms with van der Waals surface area (Å²) < 4.78 is 25.7. The first kappa shape index (κ1) is 20.0. The van der Waals surface area contributed by atoms with Gasteiger partial charge in [0.25, 0.3) is 0 Å². The van der Waals surface area contributed by atoms with Crippen LogP contribution in [0.2, 0.25) is 0 Å². The van der Waals surface area contributed by atoms with Gasteiger partial charge in [0.05, 0.1) is 10.6 Å². The van der Waals surface area contributed by atoms with Gasteiger partial charge in [-0.1, -0.05) is 60.7 Å².